The van der Waals surface area contributed by atoms with Crippen LogP contribution in [0.3, 0.4) is 0 Å². The second-order valence-corrected chi connectivity index (χ2v) is 9.66. The highest BCUT2D eigenvalue weighted by Gasteiger charge is 2.17. The molecule has 4 rings (SSSR count). The smallest absolute Gasteiger partial charge is 0.250 e. The number of ether oxygens (including phenoxy) is 2. The van der Waals surface area contributed by atoms with Gasteiger partial charge in [-0.15, -0.1) is 0 Å². The number of morpholine rings is 1. The number of halogens is 2. The van der Waals surface area contributed by atoms with E-state index in [-0.39, 0.29) is 0 Å². The van der Waals surface area contributed by atoms with E-state index in [0.29, 0.717) is 31.1 Å². The van der Waals surface area contributed by atoms with Gasteiger partial charge in [-0.05, 0) is 76.4 Å². The molecule has 0 amide bonds. The first-order valence-electron chi connectivity index (χ1n) is 10.3. The number of nitrogens with zero attached hydrogens (tertiary/aromatic N) is 5. The van der Waals surface area contributed by atoms with Gasteiger partial charge in [0.25, 0.3) is 0 Å². The molecule has 11 heteroatoms. The molecule has 172 valence electrons. The number of anilines is 4. The molecule has 2 N–H and O–H groups in total. The van der Waals surface area contributed by atoms with E-state index in [1.807, 2.05) is 43.3 Å². The maximum Gasteiger partial charge on any atom is 0.250 e. The van der Waals surface area contributed by atoms with Gasteiger partial charge in [-0.2, -0.15) is 20.1 Å². The van der Waals surface area contributed by atoms with Crippen LogP contribution in [0.1, 0.15) is 11.1 Å². The van der Waals surface area contributed by atoms with Crippen molar-refractivity contribution in [3.05, 3.63) is 54.7 Å². The van der Waals surface area contributed by atoms with Crippen LogP contribution in [0.2, 0.25) is 0 Å². The van der Waals surface area contributed by atoms with Crippen molar-refractivity contribution >= 4 is 74.9 Å². The van der Waals surface area contributed by atoms with Crippen molar-refractivity contribution in [2.75, 3.05) is 49.1 Å². The minimum Gasteiger partial charge on any atom is -0.495 e. The number of hydrazone groups is 1. The fourth-order valence-electron chi connectivity index (χ4n) is 3.19. The van der Waals surface area contributed by atoms with Crippen molar-refractivity contribution in [1.82, 2.24) is 15.0 Å². The molecule has 2 heterocycles. The van der Waals surface area contributed by atoms with E-state index in [1.54, 1.807) is 13.3 Å². The van der Waals surface area contributed by atoms with Crippen LogP contribution < -0.4 is 20.4 Å². The Balaban J connectivity index is 1.59. The molecule has 9 nitrogen and oxygen atoms in total. The summed E-state index contributed by atoms with van der Waals surface area (Å²) in [7, 11) is 1.65. The van der Waals surface area contributed by atoms with Gasteiger partial charge >= 0.3 is 0 Å². The van der Waals surface area contributed by atoms with Crippen molar-refractivity contribution in [2.45, 2.75) is 6.92 Å². The Morgan fingerprint density at radius 2 is 1.79 bits per heavy atom. The Morgan fingerprint density at radius 1 is 1.06 bits per heavy atom. The number of hydrogen-bond acceptors (Lipinski definition) is 9. The second-order valence-electron chi connectivity index (χ2n) is 7.25. The van der Waals surface area contributed by atoms with Gasteiger partial charge in [-0.3, -0.25) is 0 Å². The normalized spacial score (nSPS) is 13.9. The van der Waals surface area contributed by atoms with Crippen LogP contribution in [0.25, 0.3) is 0 Å². The van der Waals surface area contributed by atoms with Crippen molar-refractivity contribution in [2.24, 2.45) is 5.10 Å². The minimum atomic E-state index is 0.344. The average molecular weight is 671 g/mol. The lowest BCUT2D eigenvalue weighted by Crippen LogP contribution is -2.37. The van der Waals surface area contributed by atoms with Crippen molar-refractivity contribution in [1.29, 1.82) is 0 Å². The quantitative estimate of drug-likeness (QED) is 0.217. The summed E-state index contributed by atoms with van der Waals surface area (Å²) < 4.78 is 13.1. The Hall–Kier alpha value is -2.26. The summed E-state index contributed by atoms with van der Waals surface area (Å²) in [6.07, 6.45) is 1.70. The molecule has 1 saturated heterocycles. The highest BCUT2D eigenvalue weighted by atomic mass is 127. The summed E-state index contributed by atoms with van der Waals surface area (Å²) in [6.45, 7) is 4.76. The lowest BCUT2D eigenvalue weighted by molar-refractivity contribution is 0.122. The number of hydrogen-bond donors (Lipinski definition) is 2. The number of methoxy groups -OCH3 is 1. The molecule has 0 saturated carbocycles. The first-order valence-corrected chi connectivity index (χ1v) is 12.4. The van der Waals surface area contributed by atoms with Crippen LogP contribution in [0, 0.1) is 14.1 Å². The van der Waals surface area contributed by atoms with Crippen LogP contribution in [0.5, 0.6) is 5.75 Å². The van der Waals surface area contributed by atoms with Crippen LogP contribution in [0.4, 0.5) is 23.5 Å². The molecule has 1 fully saturated rings. The standard InChI is InChI=1S/C22H23I2N7O2/c1-14-3-5-17(6-4-14)26-20-27-21(29-22(28-20)31-7-9-33-10-8-31)30-25-13-15-11-16(23)12-18(24)19(15)32-2/h3-6,11-13H,7-10H2,1-2H3,(H2,26,27,28,29,30). The van der Waals surface area contributed by atoms with Gasteiger partial charge in [0.2, 0.25) is 17.8 Å². The van der Waals surface area contributed by atoms with E-state index in [2.05, 4.69) is 80.9 Å². The molecule has 2 aromatic carbocycles. The van der Waals surface area contributed by atoms with E-state index < -0.39 is 0 Å². The van der Waals surface area contributed by atoms with Gasteiger partial charge in [0.05, 0.1) is 30.1 Å². The van der Waals surface area contributed by atoms with Gasteiger partial charge in [-0.25, -0.2) is 5.43 Å². The van der Waals surface area contributed by atoms with Crippen molar-refractivity contribution in [3.8, 4) is 5.75 Å². The Labute approximate surface area is 219 Å². The third kappa shape index (κ3) is 6.41. The molecule has 1 aliphatic rings. The Bertz CT molecular complexity index is 1140. The molecule has 3 aromatic rings. The Kier molecular flexibility index (Phi) is 8.14. The zero-order valence-electron chi connectivity index (χ0n) is 18.2. The molecule has 0 spiro atoms. The summed E-state index contributed by atoms with van der Waals surface area (Å²) in [6, 6.07) is 12.1. The van der Waals surface area contributed by atoms with Crippen LogP contribution >= 0.6 is 45.2 Å². The molecule has 0 radical (unpaired) electrons. The molecule has 0 bridgehead atoms. The fraction of sp³-hybridized carbons (Fsp3) is 0.273. The fourth-order valence-corrected chi connectivity index (χ4v) is 5.30. The predicted molar refractivity (Wildman–Crippen MR) is 147 cm³/mol. The van der Waals surface area contributed by atoms with E-state index in [1.165, 1.54) is 5.56 Å². The predicted octanol–water partition coefficient (Wildman–Crippen LogP) is 4.42. The molecular formula is C22H23I2N7O2. The van der Waals surface area contributed by atoms with Gasteiger partial charge in [0, 0.05) is 27.9 Å². The topological polar surface area (TPSA) is 96.8 Å². The second kappa shape index (κ2) is 11.2. The maximum atomic E-state index is 5.53. The van der Waals surface area contributed by atoms with Gasteiger partial charge in [-0.1, -0.05) is 17.7 Å². The SMILES string of the molecule is COc1c(I)cc(I)cc1C=NNc1nc(Nc2ccc(C)cc2)nc(N2CCOCC2)n1. The minimum absolute atomic E-state index is 0.344. The monoisotopic (exact) mass is 671 g/mol. The van der Waals surface area contributed by atoms with Crippen molar-refractivity contribution < 1.29 is 9.47 Å². The zero-order chi connectivity index (χ0) is 23.2. The van der Waals surface area contributed by atoms with Gasteiger partial charge in [0.15, 0.2) is 0 Å². The average Bonchev–Trinajstić information content (AvgIpc) is 2.81. The largest absolute Gasteiger partial charge is 0.495 e. The third-order valence-electron chi connectivity index (χ3n) is 4.83. The van der Waals surface area contributed by atoms with Crippen molar-refractivity contribution in [3.63, 3.8) is 0 Å². The lowest BCUT2D eigenvalue weighted by atomic mass is 10.2. The van der Waals surface area contributed by atoms with Gasteiger partial charge < -0.3 is 19.7 Å². The number of nitrogens with one attached hydrogen (secondary N) is 2. The maximum absolute atomic E-state index is 5.53. The summed E-state index contributed by atoms with van der Waals surface area (Å²) in [5, 5.41) is 7.62. The summed E-state index contributed by atoms with van der Waals surface area (Å²) in [5.74, 6) is 2.13. The van der Waals surface area contributed by atoms with E-state index in [0.717, 1.165) is 37.2 Å². The molecule has 0 unspecified atom stereocenters. The summed E-state index contributed by atoms with van der Waals surface area (Å²) >= 11 is 4.53. The van der Waals surface area contributed by atoms with Crippen LogP contribution in [0.15, 0.2) is 41.5 Å². The van der Waals surface area contributed by atoms with Crippen LogP contribution in [-0.4, -0.2) is 54.6 Å². The number of aromatic nitrogens is 3. The number of rotatable bonds is 7. The van der Waals surface area contributed by atoms with E-state index in [9.17, 15) is 0 Å². The summed E-state index contributed by atoms with van der Waals surface area (Å²) in [5.41, 5.74) is 5.89. The first kappa shape index (κ1) is 23.9. The zero-order valence-corrected chi connectivity index (χ0v) is 22.5. The Morgan fingerprint density at radius 3 is 2.52 bits per heavy atom. The van der Waals surface area contributed by atoms with E-state index in [4.69, 9.17) is 9.47 Å². The highest BCUT2D eigenvalue weighted by Crippen LogP contribution is 2.27. The molecule has 0 atom stereocenters. The highest BCUT2D eigenvalue weighted by molar-refractivity contribution is 14.1. The molecule has 33 heavy (non-hydrogen) atoms. The van der Waals surface area contributed by atoms with Crippen LogP contribution in [-0.2, 0) is 4.74 Å². The third-order valence-corrected chi connectivity index (χ3v) is 6.26. The number of aryl methyl sites for hydroxylation is 1. The molecule has 1 aromatic heterocycles. The molecule has 1 aliphatic heterocycles. The first-order chi connectivity index (χ1) is 16.0. The molecule has 0 aliphatic carbocycles. The lowest BCUT2D eigenvalue weighted by Gasteiger charge is -2.27. The van der Waals surface area contributed by atoms with Gasteiger partial charge in [0.1, 0.15) is 5.75 Å². The summed E-state index contributed by atoms with van der Waals surface area (Å²) in [4.78, 5) is 15.8. The van der Waals surface area contributed by atoms with E-state index >= 15 is 0 Å². The molecular weight excluding hydrogens is 648 g/mol. The number of benzene rings is 2.